The topological polar surface area (TPSA) is 63.8 Å². The molecule has 1 saturated carbocycles. The molecule has 1 fully saturated rings. The van der Waals surface area contributed by atoms with Crippen LogP contribution in [-0.2, 0) is 0 Å². The van der Waals surface area contributed by atoms with E-state index in [4.69, 9.17) is 5.73 Å². The average molecular weight is 178 g/mol. The van der Waals surface area contributed by atoms with Gasteiger partial charge in [0.1, 0.15) is 5.82 Å². The first kappa shape index (κ1) is 8.44. The molecule has 1 aromatic heterocycles. The third kappa shape index (κ3) is 1.95. The molecule has 1 aliphatic rings. The zero-order chi connectivity index (χ0) is 9.26. The Balaban J connectivity index is 1.94. The number of nitrogens with one attached hydrogen (secondary N) is 1. The van der Waals surface area contributed by atoms with Crippen LogP contribution in [-0.4, -0.2) is 22.3 Å². The molecule has 0 unspecified atom stereocenters. The summed E-state index contributed by atoms with van der Waals surface area (Å²) < 4.78 is 0. The minimum Gasteiger partial charge on any atom is -0.366 e. The molecule has 4 heteroatoms. The summed E-state index contributed by atoms with van der Waals surface area (Å²) in [6.07, 6.45) is 3.82. The molecular formula is C9H14N4. The molecule has 0 amide bonds. The van der Waals surface area contributed by atoms with E-state index in [1.807, 2.05) is 13.0 Å². The smallest absolute Gasteiger partial charge is 0.149 e. The lowest BCUT2D eigenvalue weighted by Gasteiger charge is -2.33. The Bertz CT molecular complexity index is 293. The van der Waals surface area contributed by atoms with Crippen LogP contribution in [0, 0.1) is 6.92 Å². The fourth-order valence-electron chi connectivity index (χ4n) is 1.52. The number of rotatable bonds is 2. The molecule has 2 rings (SSSR count). The van der Waals surface area contributed by atoms with Crippen molar-refractivity contribution in [2.75, 3.05) is 5.32 Å². The number of hydrogen-bond donors (Lipinski definition) is 2. The molecule has 70 valence electrons. The molecule has 0 aliphatic heterocycles. The zero-order valence-corrected chi connectivity index (χ0v) is 7.70. The number of aromatic nitrogens is 2. The molecule has 3 N–H and O–H groups in total. The van der Waals surface area contributed by atoms with Crippen molar-refractivity contribution in [2.24, 2.45) is 5.73 Å². The van der Waals surface area contributed by atoms with Crippen molar-refractivity contribution in [3.63, 3.8) is 0 Å². The normalized spacial score (nSPS) is 26.6. The van der Waals surface area contributed by atoms with Gasteiger partial charge in [-0.3, -0.25) is 0 Å². The maximum absolute atomic E-state index is 5.68. The minimum absolute atomic E-state index is 0.371. The number of hydrogen-bond acceptors (Lipinski definition) is 4. The zero-order valence-electron chi connectivity index (χ0n) is 7.70. The van der Waals surface area contributed by atoms with E-state index in [9.17, 15) is 0 Å². The van der Waals surface area contributed by atoms with Crippen molar-refractivity contribution in [1.29, 1.82) is 0 Å². The van der Waals surface area contributed by atoms with Gasteiger partial charge in [0.15, 0.2) is 0 Å². The van der Waals surface area contributed by atoms with Crippen molar-refractivity contribution in [2.45, 2.75) is 31.8 Å². The predicted molar refractivity (Wildman–Crippen MR) is 51.4 cm³/mol. The van der Waals surface area contributed by atoms with Gasteiger partial charge in [0, 0.05) is 12.1 Å². The lowest BCUT2D eigenvalue weighted by molar-refractivity contribution is 0.372. The molecule has 0 aromatic carbocycles. The lowest BCUT2D eigenvalue weighted by Crippen LogP contribution is -2.44. The molecule has 0 saturated heterocycles. The number of anilines is 1. The van der Waals surface area contributed by atoms with Gasteiger partial charge >= 0.3 is 0 Å². The van der Waals surface area contributed by atoms with Crippen molar-refractivity contribution in [3.8, 4) is 0 Å². The van der Waals surface area contributed by atoms with Crippen molar-refractivity contribution < 1.29 is 0 Å². The number of nitrogens with two attached hydrogens (primary N) is 1. The number of aryl methyl sites for hydroxylation is 1. The van der Waals surface area contributed by atoms with E-state index >= 15 is 0 Å². The molecule has 0 spiro atoms. The Kier molecular flexibility index (Phi) is 2.14. The highest BCUT2D eigenvalue weighted by Gasteiger charge is 2.25. The van der Waals surface area contributed by atoms with Gasteiger partial charge in [-0.15, -0.1) is 5.10 Å². The van der Waals surface area contributed by atoms with E-state index in [2.05, 4.69) is 15.5 Å². The fraction of sp³-hybridized carbons (Fsp3) is 0.556. The van der Waals surface area contributed by atoms with Crippen LogP contribution in [0.1, 0.15) is 18.4 Å². The maximum Gasteiger partial charge on any atom is 0.149 e. The minimum atomic E-state index is 0.371. The van der Waals surface area contributed by atoms with Gasteiger partial charge in [0.05, 0.1) is 6.20 Å². The Morgan fingerprint density at radius 3 is 2.92 bits per heavy atom. The van der Waals surface area contributed by atoms with Crippen molar-refractivity contribution in [1.82, 2.24) is 10.2 Å². The van der Waals surface area contributed by atoms with E-state index in [0.717, 1.165) is 24.2 Å². The van der Waals surface area contributed by atoms with Crippen LogP contribution in [0.15, 0.2) is 12.3 Å². The second-order valence-electron chi connectivity index (χ2n) is 3.69. The van der Waals surface area contributed by atoms with E-state index in [1.54, 1.807) is 6.20 Å². The van der Waals surface area contributed by atoms with E-state index in [0.29, 0.717) is 12.1 Å². The van der Waals surface area contributed by atoms with Crippen LogP contribution in [0.5, 0.6) is 0 Å². The van der Waals surface area contributed by atoms with E-state index < -0.39 is 0 Å². The highest BCUT2D eigenvalue weighted by Crippen LogP contribution is 2.21. The molecule has 1 heterocycles. The Morgan fingerprint density at radius 1 is 1.54 bits per heavy atom. The van der Waals surface area contributed by atoms with Crippen LogP contribution in [0.25, 0.3) is 0 Å². The third-order valence-electron chi connectivity index (χ3n) is 2.32. The van der Waals surface area contributed by atoms with Gasteiger partial charge in [-0.2, -0.15) is 5.10 Å². The maximum atomic E-state index is 5.68. The summed E-state index contributed by atoms with van der Waals surface area (Å²) in [4.78, 5) is 0. The molecule has 0 atom stereocenters. The van der Waals surface area contributed by atoms with E-state index in [-0.39, 0.29) is 0 Å². The summed E-state index contributed by atoms with van der Waals surface area (Å²) in [5.41, 5.74) is 6.80. The molecular weight excluding hydrogens is 164 g/mol. The predicted octanol–water partition coefficient (Wildman–Crippen LogP) is 0.687. The first-order valence-corrected chi connectivity index (χ1v) is 4.55. The van der Waals surface area contributed by atoms with Gasteiger partial charge in [0.2, 0.25) is 0 Å². The van der Waals surface area contributed by atoms with Crippen LogP contribution < -0.4 is 11.1 Å². The Hall–Kier alpha value is -1.16. The SMILES string of the molecule is Cc1cnnc(NC2CC(N)C2)c1. The van der Waals surface area contributed by atoms with Gasteiger partial charge in [-0.05, 0) is 31.4 Å². The fourth-order valence-corrected chi connectivity index (χ4v) is 1.52. The van der Waals surface area contributed by atoms with Gasteiger partial charge in [0.25, 0.3) is 0 Å². The second kappa shape index (κ2) is 3.30. The van der Waals surface area contributed by atoms with Crippen LogP contribution in [0.3, 0.4) is 0 Å². The monoisotopic (exact) mass is 178 g/mol. The lowest BCUT2D eigenvalue weighted by atomic mass is 9.88. The summed E-state index contributed by atoms with van der Waals surface area (Å²) in [6.45, 7) is 2.01. The summed E-state index contributed by atoms with van der Waals surface area (Å²) in [7, 11) is 0. The molecule has 4 nitrogen and oxygen atoms in total. The molecule has 1 aliphatic carbocycles. The highest BCUT2D eigenvalue weighted by atomic mass is 15.2. The van der Waals surface area contributed by atoms with Crippen LogP contribution in [0.2, 0.25) is 0 Å². The first-order chi connectivity index (χ1) is 6.24. The average Bonchev–Trinajstić information content (AvgIpc) is 2.01. The molecule has 0 radical (unpaired) electrons. The quantitative estimate of drug-likeness (QED) is 0.699. The van der Waals surface area contributed by atoms with Gasteiger partial charge in [-0.1, -0.05) is 0 Å². The molecule has 1 aromatic rings. The second-order valence-corrected chi connectivity index (χ2v) is 3.69. The molecule has 0 bridgehead atoms. The standard InChI is InChI=1S/C9H14N4/c1-6-2-9(13-11-5-6)12-8-3-7(10)4-8/h2,5,7-8H,3-4,10H2,1H3,(H,12,13). The van der Waals surface area contributed by atoms with Crippen molar-refractivity contribution >= 4 is 5.82 Å². The molecule has 13 heavy (non-hydrogen) atoms. The van der Waals surface area contributed by atoms with E-state index in [1.165, 1.54) is 0 Å². The first-order valence-electron chi connectivity index (χ1n) is 4.55. The Labute approximate surface area is 77.5 Å². The highest BCUT2D eigenvalue weighted by molar-refractivity contribution is 5.37. The summed E-state index contributed by atoms with van der Waals surface area (Å²) in [5.74, 6) is 0.858. The van der Waals surface area contributed by atoms with Gasteiger partial charge in [-0.25, -0.2) is 0 Å². The third-order valence-corrected chi connectivity index (χ3v) is 2.32. The Morgan fingerprint density at radius 2 is 2.31 bits per heavy atom. The van der Waals surface area contributed by atoms with Crippen LogP contribution >= 0.6 is 0 Å². The van der Waals surface area contributed by atoms with Crippen molar-refractivity contribution in [3.05, 3.63) is 17.8 Å². The summed E-state index contributed by atoms with van der Waals surface area (Å²) in [5, 5.41) is 11.2. The summed E-state index contributed by atoms with van der Waals surface area (Å²) in [6, 6.07) is 2.86. The number of nitrogens with zero attached hydrogens (tertiary/aromatic N) is 2. The van der Waals surface area contributed by atoms with Gasteiger partial charge < -0.3 is 11.1 Å². The van der Waals surface area contributed by atoms with Crippen LogP contribution in [0.4, 0.5) is 5.82 Å². The largest absolute Gasteiger partial charge is 0.366 e. The summed E-state index contributed by atoms with van der Waals surface area (Å²) >= 11 is 0.